The van der Waals surface area contributed by atoms with Crippen molar-refractivity contribution in [3.8, 4) is 0 Å². The van der Waals surface area contributed by atoms with Gasteiger partial charge in [-0.15, -0.1) is 0 Å². The van der Waals surface area contributed by atoms with Gasteiger partial charge in [-0.05, 0) is 68.4 Å². The van der Waals surface area contributed by atoms with Crippen LogP contribution in [0.15, 0.2) is 24.3 Å². The SMILES string of the molecule is CN(c1ccc([N+](=O)[O-])cc1)C12CC3CC(CC(C3)C1)C2. The lowest BCUT2D eigenvalue weighted by atomic mass is 9.52. The van der Waals surface area contributed by atoms with Crippen molar-refractivity contribution >= 4 is 11.4 Å². The molecule has 0 atom stereocenters. The van der Waals surface area contributed by atoms with E-state index in [9.17, 15) is 10.1 Å². The van der Waals surface area contributed by atoms with Crippen LogP contribution in [0.4, 0.5) is 11.4 Å². The predicted molar refractivity (Wildman–Crippen MR) is 82.4 cm³/mol. The Labute approximate surface area is 125 Å². The predicted octanol–water partition coefficient (Wildman–Crippen LogP) is 4.00. The van der Waals surface area contributed by atoms with Gasteiger partial charge >= 0.3 is 0 Å². The van der Waals surface area contributed by atoms with Gasteiger partial charge in [-0.3, -0.25) is 10.1 Å². The van der Waals surface area contributed by atoms with Crippen LogP contribution >= 0.6 is 0 Å². The fourth-order valence-corrected chi connectivity index (χ4v) is 5.55. The Hall–Kier alpha value is -1.58. The molecule has 0 heterocycles. The summed E-state index contributed by atoms with van der Waals surface area (Å²) in [5, 5.41) is 10.8. The van der Waals surface area contributed by atoms with Gasteiger partial charge in [0.2, 0.25) is 0 Å². The summed E-state index contributed by atoms with van der Waals surface area (Å²) < 4.78 is 0. The Morgan fingerprint density at radius 3 is 1.95 bits per heavy atom. The highest BCUT2D eigenvalue weighted by molar-refractivity contribution is 5.53. The van der Waals surface area contributed by atoms with Crippen LogP contribution in [0, 0.1) is 27.9 Å². The standard InChI is InChI=1S/C17H22N2O2/c1-18(15-2-4-16(5-3-15)19(20)21)17-9-12-6-13(10-17)8-14(7-12)11-17/h2-5,12-14H,6-11H2,1H3. The van der Waals surface area contributed by atoms with E-state index in [0.717, 1.165) is 23.4 Å². The van der Waals surface area contributed by atoms with Gasteiger partial charge in [-0.2, -0.15) is 0 Å². The second-order valence-corrected chi connectivity index (χ2v) is 7.47. The summed E-state index contributed by atoms with van der Waals surface area (Å²) in [4.78, 5) is 12.9. The lowest BCUT2D eigenvalue weighted by Gasteiger charge is -2.60. The maximum Gasteiger partial charge on any atom is 0.269 e. The molecule has 0 saturated heterocycles. The summed E-state index contributed by atoms with van der Waals surface area (Å²) in [5.41, 5.74) is 1.62. The molecule has 4 nitrogen and oxygen atoms in total. The largest absolute Gasteiger partial charge is 0.369 e. The van der Waals surface area contributed by atoms with E-state index in [1.807, 2.05) is 12.1 Å². The average Bonchev–Trinajstić information content (AvgIpc) is 2.45. The molecule has 4 fully saturated rings. The van der Waals surface area contributed by atoms with Gasteiger partial charge < -0.3 is 4.90 Å². The van der Waals surface area contributed by atoms with Crippen LogP contribution in [0.25, 0.3) is 0 Å². The monoisotopic (exact) mass is 286 g/mol. The number of non-ortho nitro benzene ring substituents is 1. The molecule has 4 aliphatic carbocycles. The van der Waals surface area contributed by atoms with Gasteiger partial charge in [0, 0.05) is 30.4 Å². The first-order valence-electron chi connectivity index (χ1n) is 8.04. The highest BCUT2D eigenvalue weighted by Gasteiger charge is 2.52. The van der Waals surface area contributed by atoms with Crippen molar-refractivity contribution in [2.24, 2.45) is 17.8 Å². The summed E-state index contributed by atoms with van der Waals surface area (Å²) in [6, 6.07) is 7.09. The minimum atomic E-state index is -0.325. The molecule has 0 unspecified atom stereocenters. The van der Waals surface area contributed by atoms with Crippen LogP contribution < -0.4 is 4.90 Å². The molecule has 4 heteroatoms. The molecule has 112 valence electrons. The van der Waals surface area contributed by atoms with Gasteiger partial charge in [-0.1, -0.05) is 0 Å². The third kappa shape index (κ3) is 2.03. The molecular formula is C17H22N2O2. The van der Waals surface area contributed by atoms with Gasteiger partial charge in [0.25, 0.3) is 5.69 Å². The molecule has 0 amide bonds. The van der Waals surface area contributed by atoms with Crippen molar-refractivity contribution in [3.05, 3.63) is 34.4 Å². The van der Waals surface area contributed by atoms with Crippen molar-refractivity contribution in [1.82, 2.24) is 0 Å². The third-order valence-corrected chi connectivity index (χ3v) is 6.17. The van der Waals surface area contributed by atoms with E-state index in [-0.39, 0.29) is 10.6 Å². The zero-order valence-corrected chi connectivity index (χ0v) is 12.5. The van der Waals surface area contributed by atoms with Gasteiger partial charge in [0.1, 0.15) is 0 Å². The summed E-state index contributed by atoms with van der Waals surface area (Å²) in [6.45, 7) is 0. The topological polar surface area (TPSA) is 46.4 Å². The van der Waals surface area contributed by atoms with Gasteiger partial charge in [0.15, 0.2) is 0 Å². The number of nitro groups is 1. The molecule has 0 aromatic heterocycles. The molecule has 21 heavy (non-hydrogen) atoms. The van der Waals surface area contributed by atoms with Crippen LogP contribution in [-0.2, 0) is 0 Å². The number of rotatable bonds is 3. The fourth-order valence-electron chi connectivity index (χ4n) is 5.55. The summed E-state index contributed by atoms with van der Waals surface area (Å²) in [5.74, 6) is 2.74. The third-order valence-electron chi connectivity index (χ3n) is 6.17. The Morgan fingerprint density at radius 1 is 1.05 bits per heavy atom. The molecule has 4 bridgehead atoms. The molecular weight excluding hydrogens is 264 g/mol. The fraction of sp³-hybridized carbons (Fsp3) is 0.647. The smallest absolute Gasteiger partial charge is 0.269 e. The molecule has 0 aliphatic heterocycles. The van der Waals surface area contributed by atoms with E-state index in [4.69, 9.17) is 0 Å². The zero-order chi connectivity index (χ0) is 14.6. The molecule has 0 spiro atoms. The first kappa shape index (κ1) is 13.1. The van der Waals surface area contributed by atoms with Crippen molar-refractivity contribution < 1.29 is 4.92 Å². The van der Waals surface area contributed by atoms with Gasteiger partial charge in [-0.25, -0.2) is 0 Å². The maximum atomic E-state index is 10.8. The van der Waals surface area contributed by atoms with Crippen LogP contribution in [0.2, 0.25) is 0 Å². The number of nitrogens with zero attached hydrogens (tertiary/aromatic N) is 2. The molecule has 4 saturated carbocycles. The Bertz CT molecular complexity index is 531. The van der Waals surface area contributed by atoms with E-state index in [0.29, 0.717) is 5.54 Å². The van der Waals surface area contributed by atoms with Crippen molar-refractivity contribution in [2.45, 2.75) is 44.1 Å². The minimum Gasteiger partial charge on any atom is -0.369 e. The molecule has 1 aromatic rings. The number of nitro benzene ring substituents is 1. The number of benzene rings is 1. The van der Waals surface area contributed by atoms with Crippen LogP contribution in [0.5, 0.6) is 0 Å². The minimum absolute atomic E-state index is 0.178. The summed E-state index contributed by atoms with van der Waals surface area (Å²) >= 11 is 0. The summed E-state index contributed by atoms with van der Waals surface area (Å²) in [6.07, 6.45) is 8.25. The lowest BCUT2D eigenvalue weighted by molar-refractivity contribution is -0.384. The van der Waals surface area contributed by atoms with E-state index in [2.05, 4.69) is 11.9 Å². The van der Waals surface area contributed by atoms with E-state index in [1.54, 1.807) is 12.1 Å². The molecule has 4 aliphatic rings. The van der Waals surface area contributed by atoms with E-state index in [1.165, 1.54) is 38.5 Å². The van der Waals surface area contributed by atoms with Crippen molar-refractivity contribution in [1.29, 1.82) is 0 Å². The Balaban J connectivity index is 1.62. The summed E-state index contributed by atoms with van der Waals surface area (Å²) in [7, 11) is 2.19. The van der Waals surface area contributed by atoms with Crippen LogP contribution in [0.3, 0.4) is 0 Å². The molecule has 0 radical (unpaired) electrons. The lowest BCUT2D eigenvalue weighted by Crippen LogP contribution is -2.59. The highest BCUT2D eigenvalue weighted by atomic mass is 16.6. The molecule has 1 aromatic carbocycles. The maximum absolute atomic E-state index is 10.8. The quantitative estimate of drug-likeness (QED) is 0.623. The number of anilines is 1. The molecule has 0 N–H and O–H groups in total. The highest BCUT2D eigenvalue weighted by Crippen LogP contribution is 2.58. The normalized spacial score (nSPS) is 36.7. The average molecular weight is 286 g/mol. The first-order chi connectivity index (χ1) is 10.1. The van der Waals surface area contributed by atoms with Gasteiger partial charge in [0.05, 0.1) is 4.92 Å². The second-order valence-electron chi connectivity index (χ2n) is 7.47. The zero-order valence-electron chi connectivity index (χ0n) is 12.5. The molecule has 5 rings (SSSR count). The van der Waals surface area contributed by atoms with Crippen molar-refractivity contribution in [2.75, 3.05) is 11.9 Å². The Kier molecular flexibility index (Phi) is 2.78. The first-order valence-corrected chi connectivity index (χ1v) is 8.04. The van der Waals surface area contributed by atoms with E-state index >= 15 is 0 Å². The number of hydrogen-bond acceptors (Lipinski definition) is 3. The Morgan fingerprint density at radius 2 is 1.52 bits per heavy atom. The van der Waals surface area contributed by atoms with E-state index < -0.39 is 0 Å². The number of hydrogen-bond donors (Lipinski definition) is 0. The van der Waals surface area contributed by atoms with Crippen LogP contribution in [0.1, 0.15) is 38.5 Å². The van der Waals surface area contributed by atoms with Crippen LogP contribution in [-0.4, -0.2) is 17.5 Å². The second kappa shape index (κ2) is 4.46. The van der Waals surface area contributed by atoms with Crippen molar-refractivity contribution in [3.63, 3.8) is 0 Å².